The first-order valence-corrected chi connectivity index (χ1v) is 7.30. The molecule has 1 aromatic rings. The molecule has 5 nitrogen and oxygen atoms in total. The minimum atomic E-state index is -0.133. The van der Waals surface area contributed by atoms with E-state index in [2.05, 4.69) is 17.2 Å². The van der Waals surface area contributed by atoms with Crippen LogP contribution >= 0.6 is 11.6 Å². The maximum absolute atomic E-state index is 12.6. The molecule has 1 fully saturated rings. The molecule has 1 saturated heterocycles. The molecule has 0 aliphatic carbocycles. The fourth-order valence-electron chi connectivity index (χ4n) is 2.11. The second-order valence-electron chi connectivity index (χ2n) is 4.88. The fourth-order valence-corrected chi connectivity index (χ4v) is 2.29. The van der Waals surface area contributed by atoms with Crippen LogP contribution in [0.1, 0.15) is 30.8 Å². The van der Waals surface area contributed by atoms with Gasteiger partial charge in [0.1, 0.15) is 11.5 Å². The van der Waals surface area contributed by atoms with Gasteiger partial charge in [0.2, 0.25) is 0 Å². The van der Waals surface area contributed by atoms with Crippen LogP contribution in [-0.2, 0) is 4.74 Å². The van der Waals surface area contributed by atoms with Gasteiger partial charge in [0, 0.05) is 13.1 Å². The van der Waals surface area contributed by atoms with Crippen molar-refractivity contribution in [2.24, 2.45) is 0 Å². The molecule has 110 valence electrons. The Morgan fingerprint density at radius 1 is 1.60 bits per heavy atom. The van der Waals surface area contributed by atoms with Crippen molar-refractivity contribution in [1.29, 1.82) is 0 Å². The zero-order chi connectivity index (χ0) is 14.5. The minimum absolute atomic E-state index is 0.0429. The number of aromatic nitrogens is 1. The SMILES string of the molecule is CCCNc1ccc(Cl)c(C(=O)N2CCOCC2C)n1. The van der Waals surface area contributed by atoms with E-state index in [4.69, 9.17) is 16.3 Å². The van der Waals surface area contributed by atoms with Crippen molar-refractivity contribution in [2.45, 2.75) is 26.3 Å². The quantitative estimate of drug-likeness (QED) is 0.927. The Bertz CT molecular complexity index is 481. The summed E-state index contributed by atoms with van der Waals surface area (Å²) in [5.74, 6) is 0.548. The minimum Gasteiger partial charge on any atom is -0.377 e. The van der Waals surface area contributed by atoms with Crippen molar-refractivity contribution >= 4 is 23.3 Å². The first-order chi connectivity index (χ1) is 9.63. The molecule has 2 heterocycles. The number of morpholine rings is 1. The van der Waals surface area contributed by atoms with Gasteiger partial charge < -0.3 is 15.0 Å². The Hall–Kier alpha value is -1.33. The Labute approximate surface area is 124 Å². The van der Waals surface area contributed by atoms with Gasteiger partial charge in [-0.3, -0.25) is 4.79 Å². The molecule has 1 atom stereocenters. The largest absolute Gasteiger partial charge is 0.377 e. The van der Waals surface area contributed by atoms with E-state index >= 15 is 0 Å². The molecule has 0 spiro atoms. The van der Waals surface area contributed by atoms with Gasteiger partial charge in [0.05, 0.1) is 24.3 Å². The summed E-state index contributed by atoms with van der Waals surface area (Å²) in [5, 5.41) is 3.55. The first-order valence-electron chi connectivity index (χ1n) is 6.92. The molecule has 0 radical (unpaired) electrons. The third-order valence-corrected chi connectivity index (χ3v) is 3.54. The predicted octanol–water partition coefficient (Wildman–Crippen LogP) is 2.42. The highest BCUT2D eigenvalue weighted by Crippen LogP contribution is 2.20. The number of amides is 1. The summed E-state index contributed by atoms with van der Waals surface area (Å²) in [7, 11) is 0. The molecule has 0 bridgehead atoms. The average molecular weight is 298 g/mol. The molecular formula is C14H20ClN3O2. The van der Waals surface area contributed by atoms with E-state index in [1.165, 1.54) is 0 Å². The maximum Gasteiger partial charge on any atom is 0.274 e. The number of hydrogen-bond donors (Lipinski definition) is 1. The van der Waals surface area contributed by atoms with Gasteiger partial charge in [0.25, 0.3) is 5.91 Å². The van der Waals surface area contributed by atoms with Crippen LogP contribution in [-0.4, -0.2) is 48.1 Å². The topological polar surface area (TPSA) is 54.5 Å². The Morgan fingerprint density at radius 3 is 3.10 bits per heavy atom. The highest BCUT2D eigenvalue weighted by atomic mass is 35.5. The predicted molar refractivity (Wildman–Crippen MR) is 79.3 cm³/mol. The van der Waals surface area contributed by atoms with E-state index < -0.39 is 0 Å². The van der Waals surface area contributed by atoms with Crippen LogP contribution in [0.25, 0.3) is 0 Å². The Morgan fingerprint density at radius 2 is 2.40 bits per heavy atom. The molecule has 2 rings (SSSR count). The molecule has 0 saturated carbocycles. The van der Waals surface area contributed by atoms with Gasteiger partial charge in [-0.1, -0.05) is 18.5 Å². The summed E-state index contributed by atoms with van der Waals surface area (Å²) in [4.78, 5) is 18.7. The van der Waals surface area contributed by atoms with E-state index in [-0.39, 0.29) is 11.9 Å². The van der Waals surface area contributed by atoms with Crippen LogP contribution in [0.5, 0.6) is 0 Å². The molecule has 1 aliphatic rings. The Balaban J connectivity index is 2.19. The number of carbonyl (C=O) groups excluding carboxylic acids is 1. The number of halogens is 1. The van der Waals surface area contributed by atoms with E-state index in [0.717, 1.165) is 13.0 Å². The molecular weight excluding hydrogens is 278 g/mol. The summed E-state index contributed by atoms with van der Waals surface area (Å²) in [6.07, 6.45) is 0.994. The van der Waals surface area contributed by atoms with Crippen LogP contribution in [0.4, 0.5) is 5.82 Å². The van der Waals surface area contributed by atoms with Gasteiger partial charge in [-0.25, -0.2) is 4.98 Å². The number of carbonyl (C=O) groups is 1. The zero-order valence-electron chi connectivity index (χ0n) is 11.9. The monoisotopic (exact) mass is 297 g/mol. The van der Waals surface area contributed by atoms with Gasteiger partial charge in [-0.15, -0.1) is 0 Å². The number of ether oxygens (including phenoxy) is 1. The van der Waals surface area contributed by atoms with Crippen molar-refractivity contribution in [3.05, 3.63) is 22.8 Å². The third kappa shape index (κ3) is 3.41. The first kappa shape index (κ1) is 15.1. The second kappa shape index (κ2) is 6.90. The highest BCUT2D eigenvalue weighted by Gasteiger charge is 2.27. The van der Waals surface area contributed by atoms with E-state index in [1.807, 2.05) is 6.92 Å². The zero-order valence-corrected chi connectivity index (χ0v) is 12.6. The van der Waals surface area contributed by atoms with Crippen molar-refractivity contribution in [3.63, 3.8) is 0 Å². The van der Waals surface area contributed by atoms with Crippen LogP contribution in [0.3, 0.4) is 0 Å². The number of hydrogen-bond acceptors (Lipinski definition) is 4. The lowest BCUT2D eigenvalue weighted by atomic mass is 10.2. The number of pyridine rings is 1. The van der Waals surface area contributed by atoms with Crippen LogP contribution in [0, 0.1) is 0 Å². The van der Waals surface area contributed by atoms with Gasteiger partial charge >= 0.3 is 0 Å². The van der Waals surface area contributed by atoms with E-state index in [9.17, 15) is 4.79 Å². The molecule has 20 heavy (non-hydrogen) atoms. The molecule has 0 aromatic carbocycles. The van der Waals surface area contributed by atoms with E-state index in [0.29, 0.717) is 36.3 Å². The van der Waals surface area contributed by atoms with Crippen LogP contribution in [0.15, 0.2) is 12.1 Å². The summed E-state index contributed by atoms with van der Waals surface area (Å²) in [6, 6.07) is 3.55. The number of rotatable bonds is 4. The summed E-state index contributed by atoms with van der Waals surface area (Å²) in [5.41, 5.74) is 0.307. The van der Waals surface area contributed by atoms with Gasteiger partial charge in [0.15, 0.2) is 0 Å². The van der Waals surface area contributed by atoms with Gasteiger partial charge in [-0.05, 0) is 25.5 Å². The summed E-state index contributed by atoms with van der Waals surface area (Å²) in [6.45, 7) is 6.54. The highest BCUT2D eigenvalue weighted by molar-refractivity contribution is 6.33. The van der Waals surface area contributed by atoms with Crippen molar-refractivity contribution in [2.75, 3.05) is 31.6 Å². The number of nitrogens with zero attached hydrogens (tertiary/aromatic N) is 2. The van der Waals surface area contributed by atoms with Crippen molar-refractivity contribution < 1.29 is 9.53 Å². The smallest absolute Gasteiger partial charge is 0.274 e. The Kier molecular flexibility index (Phi) is 5.20. The molecule has 6 heteroatoms. The molecule has 1 aliphatic heterocycles. The lowest BCUT2D eigenvalue weighted by Gasteiger charge is -2.33. The third-order valence-electron chi connectivity index (χ3n) is 3.23. The summed E-state index contributed by atoms with van der Waals surface area (Å²) >= 11 is 6.12. The van der Waals surface area contributed by atoms with Crippen molar-refractivity contribution in [3.8, 4) is 0 Å². The van der Waals surface area contributed by atoms with Crippen LogP contribution in [0.2, 0.25) is 5.02 Å². The maximum atomic E-state index is 12.6. The summed E-state index contributed by atoms with van der Waals surface area (Å²) < 4.78 is 5.35. The number of anilines is 1. The average Bonchev–Trinajstić information content (AvgIpc) is 2.46. The van der Waals surface area contributed by atoms with Crippen molar-refractivity contribution in [1.82, 2.24) is 9.88 Å². The molecule has 1 amide bonds. The standard InChI is InChI=1S/C14H20ClN3O2/c1-3-6-16-12-5-4-11(15)13(17-12)14(19)18-7-8-20-9-10(18)2/h4-5,10H,3,6-9H2,1-2H3,(H,16,17). The molecule has 1 N–H and O–H groups in total. The normalized spacial score (nSPS) is 18.9. The molecule has 1 aromatic heterocycles. The van der Waals surface area contributed by atoms with Gasteiger partial charge in [-0.2, -0.15) is 0 Å². The fraction of sp³-hybridized carbons (Fsp3) is 0.571. The second-order valence-corrected chi connectivity index (χ2v) is 5.28. The lowest BCUT2D eigenvalue weighted by molar-refractivity contribution is 0.00329. The van der Waals surface area contributed by atoms with Crippen LogP contribution < -0.4 is 5.32 Å². The molecule has 1 unspecified atom stereocenters. The van der Waals surface area contributed by atoms with E-state index in [1.54, 1.807) is 17.0 Å². The number of nitrogens with one attached hydrogen (secondary N) is 1. The lowest BCUT2D eigenvalue weighted by Crippen LogP contribution is -2.47.